The second kappa shape index (κ2) is 7.04. The lowest BCUT2D eigenvalue weighted by Gasteiger charge is -2.31. The highest BCUT2D eigenvalue weighted by Crippen LogP contribution is 2.71. The minimum absolute atomic E-state index is 0.533. The van der Waals surface area contributed by atoms with Gasteiger partial charge in [-0.15, -0.1) is 0 Å². The molecule has 0 heterocycles. The predicted octanol–water partition coefficient (Wildman–Crippen LogP) is 6.93. The smallest absolute Gasteiger partial charge is 0.230 e. The molecule has 0 spiro atoms. The van der Waals surface area contributed by atoms with E-state index >= 15 is 0 Å². The molecule has 0 aromatic rings. The van der Waals surface area contributed by atoms with Crippen molar-refractivity contribution in [2.75, 3.05) is 0 Å². The van der Waals surface area contributed by atoms with Gasteiger partial charge in [0.25, 0.3) is 0 Å². The van der Waals surface area contributed by atoms with Crippen LogP contribution >= 0.6 is 0 Å². The van der Waals surface area contributed by atoms with Gasteiger partial charge in [-0.25, -0.2) is 4.39 Å². The van der Waals surface area contributed by atoms with Crippen LogP contribution < -0.4 is 0 Å². The van der Waals surface area contributed by atoms with Gasteiger partial charge in [0.05, 0.1) is 0 Å². The fourth-order valence-corrected chi connectivity index (χ4v) is 3.33. The Morgan fingerprint density at radius 2 is 1.09 bits per heavy atom. The largest absolute Gasteiger partial charge is 0.353 e. The van der Waals surface area contributed by atoms with E-state index in [0.717, 1.165) is 44.9 Å². The molecule has 1 fully saturated rings. The lowest BCUT2D eigenvalue weighted by atomic mass is 9.75. The van der Waals surface area contributed by atoms with E-state index in [1.807, 2.05) is 6.92 Å². The summed E-state index contributed by atoms with van der Waals surface area (Å²) in [5.41, 5.74) is -4.42. The lowest BCUT2D eigenvalue weighted by molar-refractivity contribution is -0.0278. The maximum atomic E-state index is 14.1. The molecule has 0 amide bonds. The SMILES string of the molecule is CCCCCCC(C)(CCCCC)CC1(F)C(F)(F)C1(F)F. The highest BCUT2D eigenvalue weighted by molar-refractivity contribution is 5.29. The molecular weight excluding hydrogens is 299 g/mol. The van der Waals surface area contributed by atoms with E-state index in [-0.39, 0.29) is 0 Å². The van der Waals surface area contributed by atoms with Crippen molar-refractivity contribution in [1.29, 1.82) is 0 Å². The fourth-order valence-electron chi connectivity index (χ4n) is 3.33. The summed E-state index contributed by atoms with van der Waals surface area (Å²) >= 11 is 0. The predicted molar refractivity (Wildman–Crippen MR) is 79.4 cm³/mol. The summed E-state index contributed by atoms with van der Waals surface area (Å²) in [5, 5.41) is 0. The Morgan fingerprint density at radius 1 is 0.682 bits per heavy atom. The third-order valence-electron chi connectivity index (χ3n) is 5.02. The van der Waals surface area contributed by atoms with Gasteiger partial charge < -0.3 is 0 Å². The number of alkyl halides is 5. The van der Waals surface area contributed by atoms with E-state index in [4.69, 9.17) is 0 Å². The van der Waals surface area contributed by atoms with Crippen molar-refractivity contribution in [3.05, 3.63) is 0 Å². The van der Waals surface area contributed by atoms with Crippen molar-refractivity contribution in [2.45, 2.75) is 102 Å². The number of rotatable bonds is 11. The number of halogens is 5. The summed E-state index contributed by atoms with van der Waals surface area (Å²) in [6, 6.07) is 0. The zero-order valence-corrected chi connectivity index (χ0v) is 14.0. The molecule has 0 saturated heterocycles. The van der Waals surface area contributed by atoms with Crippen molar-refractivity contribution >= 4 is 0 Å². The first kappa shape index (κ1) is 19.7. The highest BCUT2D eigenvalue weighted by atomic mass is 19.3. The molecular formula is C17H29F5. The maximum absolute atomic E-state index is 14.1. The second-order valence-electron chi connectivity index (χ2n) is 7.21. The molecule has 1 aliphatic rings. The van der Waals surface area contributed by atoms with Crippen LogP contribution in [0.4, 0.5) is 22.0 Å². The zero-order valence-electron chi connectivity index (χ0n) is 14.0. The molecule has 132 valence electrons. The van der Waals surface area contributed by atoms with Gasteiger partial charge in [-0.2, -0.15) is 17.6 Å². The van der Waals surface area contributed by atoms with Crippen LogP contribution in [0.5, 0.6) is 0 Å². The molecule has 0 aromatic carbocycles. The van der Waals surface area contributed by atoms with Crippen LogP contribution in [0.2, 0.25) is 0 Å². The average molecular weight is 328 g/mol. The van der Waals surface area contributed by atoms with E-state index in [2.05, 4.69) is 6.92 Å². The van der Waals surface area contributed by atoms with Crippen molar-refractivity contribution < 1.29 is 22.0 Å². The van der Waals surface area contributed by atoms with Crippen molar-refractivity contribution in [2.24, 2.45) is 5.41 Å². The Hall–Kier alpha value is -0.350. The quantitative estimate of drug-likeness (QED) is 0.285. The van der Waals surface area contributed by atoms with Crippen molar-refractivity contribution in [3.63, 3.8) is 0 Å². The minimum Gasteiger partial charge on any atom is -0.230 e. The second-order valence-corrected chi connectivity index (χ2v) is 7.21. The maximum Gasteiger partial charge on any atom is 0.353 e. The fraction of sp³-hybridized carbons (Fsp3) is 1.00. The van der Waals surface area contributed by atoms with E-state index < -0.39 is 29.3 Å². The highest BCUT2D eigenvalue weighted by Gasteiger charge is 2.98. The van der Waals surface area contributed by atoms with Crippen LogP contribution in [0.15, 0.2) is 0 Å². The van der Waals surface area contributed by atoms with E-state index in [9.17, 15) is 22.0 Å². The minimum atomic E-state index is -4.50. The molecule has 1 unspecified atom stereocenters. The van der Waals surface area contributed by atoms with Crippen LogP contribution in [-0.2, 0) is 0 Å². The third kappa shape index (κ3) is 3.59. The molecule has 0 aromatic heterocycles. The lowest BCUT2D eigenvalue weighted by Crippen LogP contribution is -2.28. The van der Waals surface area contributed by atoms with Gasteiger partial charge in [0.2, 0.25) is 5.67 Å². The first-order chi connectivity index (χ1) is 10.1. The molecule has 1 saturated carbocycles. The molecule has 0 nitrogen and oxygen atoms in total. The Morgan fingerprint density at radius 3 is 1.50 bits per heavy atom. The van der Waals surface area contributed by atoms with E-state index in [1.165, 1.54) is 0 Å². The van der Waals surface area contributed by atoms with Gasteiger partial charge in [0.1, 0.15) is 0 Å². The third-order valence-corrected chi connectivity index (χ3v) is 5.02. The van der Waals surface area contributed by atoms with E-state index in [1.54, 1.807) is 6.92 Å². The Kier molecular flexibility index (Phi) is 6.30. The summed E-state index contributed by atoms with van der Waals surface area (Å²) in [7, 11) is 0. The molecule has 0 N–H and O–H groups in total. The number of hydrogen-bond donors (Lipinski definition) is 0. The molecule has 1 atom stereocenters. The first-order valence-corrected chi connectivity index (χ1v) is 8.52. The van der Waals surface area contributed by atoms with Crippen LogP contribution in [0.25, 0.3) is 0 Å². The standard InChI is InChI=1S/C17H29F5/c1-4-6-8-10-12-14(3,11-9-7-5-2)13-15(18)16(19,20)17(15,21)22/h4-13H2,1-3H3. The summed E-state index contributed by atoms with van der Waals surface area (Å²) in [6.45, 7) is 5.77. The molecule has 0 aliphatic heterocycles. The van der Waals surface area contributed by atoms with Crippen LogP contribution in [0.3, 0.4) is 0 Å². The zero-order chi connectivity index (χ0) is 17.1. The van der Waals surface area contributed by atoms with Crippen LogP contribution in [0, 0.1) is 5.41 Å². The van der Waals surface area contributed by atoms with Crippen molar-refractivity contribution in [1.82, 2.24) is 0 Å². The molecule has 22 heavy (non-hydrogen) atoms. The van der Waals surface area contributed by atoms with Crippen molar-refractivity contribution in [3.8, 4) is 0 Å². The summed E-state index contributed by atoms with van der Waals surface area (Å²) in [4.78, 5) is 0. The van der Waals surface area contributed by atoms with Gasteiger partial charge >= 0.3 is 11.8 Å². The molecule has 5 heteroatoms. The molecule has 1 rings (SSSR count). The normalized spacial score (nSPS) is 24.0. The van der Waals surface area contributed by atoms with Gasteiger partial charge in [0, 0.05) is 0 Å². The topological polar surface area (TPSA) is 0 Å². The monoisotopic (exact) mass is 328 g/mol. The molecule has 0 radical (unpaired) electrons. The number of unbranched alkanes of at least 4 members (excludes halogenated alkanes) is 5. The van der Waals surface area contributed by atoms with Crippen LogP contribution in [0.1, 0.15) is 85.0 Å². The van der Waals surface area contributed by atoms with Gasteiger partial charge in [-0.3, -0.25) is 0 Å². The summed E-state index contributed by atoms with van der Waals surface area (Å²) < 4.78 is 66.9. The first-order valence-electron chi connectivity index (χ1n) is 8.52. The molecule has 1 aliphatic carbocycles. The number of hydrogen-bond acceptors (Lipinski definition) is 0. The Bertz CT molecular complexity index is 339. The van der Waals surface area contributed by atoms with E-state index in [0.29, 0.717) is 12.8 Å². The van der Waals surface area contributed by atoms with Gasteiger partial charge in [0.15, 0.2) is 0 Å². The summed E-state index contributed by atoms with van der Waals surface area (Å²) in [6.07, 6.45) is 6.75. The Balaban J connectivity index is 2.69. The average Bonchev–Trinajstić information content (AvgIpc) is 2.72. The molecule has 0 bridgehead atoms. The van der Waals surface area contributed by atoms with Gasteiger partial charge in [-0.05, 0) is 24.7 Å². The summed E-state index contributed by atoms with van der Waals surface area (Å²) in [5.74, 6) is -9.01. The Labute approximate surface area is 130 Å². The van der Waals surface area contributed by atoms with Crippen LogP contribution in [-0.4, -0.2) is 17.5 Å². The van der Waals surface area contributed by atoms with Gasteiger partial charge in [-0.1, -0.05) is 65.7 Å².